The normalized spacial score (nSPS) is 22.6. The van der Waals surface area contributed by atoms with Crippen molar-refractivity contribution in [2.75, 3.05) is 13.7 Å². The van der Waals surface area contributed by atoms with E-state index in [1.54, 1.807) is 14.0 Å². The lowest BCUT2D eigenvalue weighted by molar-refractivity contribution is -0.122. The molecule has 1 amide bonds. The van der Waals surface area contributed by atoms with Crippen molar-refractivity contribution in [3.63, 3.8) is 0 Å². The molecule has 3 rings (SSSR count). The van der Waals surface area contributed by atoms with Crippen LogP contribution in [0.25, 0.3) is 0 Å². The molecule has 1 fully saturated rings. The topological polar surface area (TPSA) is 41.6 Å². The quantitative estimate of drug-likeness (QED) is 0.744. The predicted octanol–water partition coefficient (Wildman–Crippen LogP) is 4.97. The molecule has 2 unspecified atom stereocenters. The van der Waals surface area contributed by atoms with Crippen LogP contribution in [0, 0.1) is 0 Å². The number of piperidine rings is 1. The second-order valence-corrected chi connectivity index (χ2v) is 8.09. The summed E-state index contributed by atoms with van der Waals surface area (Å²) in [5.41, 5.74) is 2.33. The Morgan fingerprint density at radius 3 is 2.46 bits per heavy atom. The SMILES string of the molecule is CCC1(NC(C)=O)CCN(Cc2ccc(Cl)cc2)C(c2ccc(OC)cc2)C1. The highest BCUT2D eigenvalue weighted by Crippen LogP contribution is 2.39. The number of halogens is 1. The lowest BCUT2D eigenvalue weighted by Crippen LogP contribution is -2.55. The van der Waals surface area contributed by atoms with Crippen LogP contribution in [-0.2, 0) is 11.3 Å². The maximum absolute atomic E-state index is 11.9. The Kier molecular flexibility index (Phi) is 6.63. The first-order valence-corrected chi connectivity index (χ1v) is 10.2. The van der Waals surface area contributed by atoms with Crippen molar-refractivity contribution in [2.45, 2.75) is 51.2 Å². The van der Waals surface area contributed by atoms with Gasteiger partial charge in [0.25, 0.3) is 0 Å². The Morgan fingerprint density at radius 2 is 1.89 bits per heavy atom. The van der Waals surface area contributed by atoms with E-state index in [-0.39, 0.29) is 17.5 Å². The van der Waals surface area contributed by atoms with Crippen LogP contribution in [0.3, 0.4) is 0 Å². The summed E-state index contributed by atoms with van der Waals surface area (Å²) in [5.74, 6) is 0.897. The Bertz CT molecular complexity index is 791. The van der Waals surface area contributed by atoms with Crippen molar-refractivity contribution in [3.05, 3.63) is 64.7 Å². The number of amides is 1. The molecule has 1 aliphatic heterocycles. The van der Waals surface area contributed by atoms with E-state index in [4.69, 9.17) is 16.3 Å². The molecule has 1 aliphatic rings. The Morgan fingerprint density at radius 1 is 1.21 bits per heavy atom. The van der Waals surface area contributed by atoms with Gasteiger partial charge in [-0.25, -0.2) is 0 Å². The molecule has 1 heterocycles. The molecule has 1 N–H and O–H groups in total. The van der Waals surface area contributed by atoms with Gasteiger partial charge in [-0.05, 0) is 54.7 Å². The molecule has 0 saturated carbocycles. The van der Waals surface area contributed by atoms with E-state index in [9.17, 15) is 4.79 Å². The largest absolute Gasteiger partial charge is 0.497 e. The summed E-state index contributed by atoms with van der Waals surface area (Å²) in [5, 5.41) is 4.01. The molecule has 4 nitrogen and oxygen atoms in total. The summed E-state index contributed by atoms with van der Waals surface area (Å²) in [4.78, 5) is 14.4. The van der Waals surface area contributed by atoms with Crippen LogP contribution in [0.5, 0.6) is 5.75 Å². The van der Waals surface area contributed by atoms with E-state index in [0.717, 1.165) is 43.1 Å². The van der Waals surface area contributed by atoms with Crippen LogP contribution >= 0.6 is 11.6 Å². The maximum atomic E-state index is 11.9. The molecule has 5 heteroatoms. The fourth-order valence-electron chi connectivity index (χ4n) is 4.18. The zero-order valence-electron chi connectivity index (χ0n) is 16.9. The standard InChI is InChI=1S/C23H29ClN2O2/c1-4-23(25-17(2)27)13-14-26(16-18-5-9-20(24)10-6-18)22(15-23)19-7-11-21(28-3)12-8-19/h5-12,22H,4,13-16H2,1-3H3,(H,25,27). The van der Waals surface area contributed by atoms with Gasteiger partial charge in [0.1, 0.15) is 5.75 Å². The lowest BCUT2D eigenvalue weighted by Gasteiger charge is -2.47. The third-order valence-electron chi connectivity index (χ3n) is 5.82. The van der Waals surface area contributed by atoms with E-state index in [1.807, 2.05) is 24.3 Å². The molecule has 150 valence electrons. The molecular formula is C23H29ClN2O2. The number of hydrogen-bond acceptors (Lipinski definition) is 3. The minimum atomic E-state index is -0.160. The highest BCUT2D eigenvalue weighted by molar-refractivity contribution is 6.30. The number of nitrogens with one attached hydrogen (secondary N) is 1. The number of nitrogens with zero attached hydrogens (tertiary/aromatic N) is 1. The second kappa shape index (κ2) is 8.97. The monoisotopic (exact) mass is 400 g/mol. The van der Waals surface area contributed by atoms with Gasteiger partial charge in [0.05, 0.1) is 7.11 Å². The van der Waals surface area contributed by atoms with Crippen molar-refractivity contribution in [2.24, 2.45) is 0 Å². The Labute approximate surface area is 172 Å². The van der Waals surface area contributed by atoms with E-state index >= 15 is 0 Å². The van der Waals surface area contributed by atoms with Gasteiger partial charge in [0, 0.05) is 36.6 Å². The molecule has 0 radical (unpaired) electrons. The maximum Gasteiger partial charge on any atom is 0.217 e. The number of methoxy groups -OCH3 is 1. The number of likely N-dealkylation sites (tertiary alicyclic amines) is 1. The summed E-state index contributed by atoms with van der Waals surface area (Å²) in [6, 6.07) is 16.6. The van der Waals surface area contributed by atoms with Crippen LogP contribution < -0.4 is 10.1 Å². The average Bonchev–Trinajstić information content (AvgIpc) is 2.70. The van der Waals surface area contributed by atoms with Crippen LogP contribution in [0.2, 0.25) is 5.02 Å². The van der Waals surface area contributed by atoms with Crippen molar-refractivity contribution >= 4 is 17.5 Å². The van der Waals surface area contributed by atoms with Crippen LogP contribution in [-0.4, -0.2) is 30.0 Å². The van der Waals surface area contributed by atoms with Crippen molar-refractivity contribution in [3.8, 4) is 5.75 Å². The zero-order valence-corrected chi connectivity index (χ0v) is 17.6. The summed E-state index contributed by atoms with van der Waals surface area (Å²) in [7, 11) is 1.68. The van der Waals surface area contributed by atoms with Gasteiger partial charge in [-0.1, -0.05) is 42.8 Å². The molecule has 2 aromatic carbocycles. The van der Waals surface area contributed by atoms with Crippen molar-refractivity contribution in [1.29, 1.82) is 0 Å². The van der Waals surface area contributed by atoms with Gasteiger partial charge in [0.2, 0.25) is 5.91 Å². The smallest absolute Gasteiger partial charge is 0.217 e. The van der Waals surface area contributed by atoms with Crippen molar-refractivity contribution in [1.82, 2.24) is 10.2 Å². The predicted molar refractivity (Wildman–Crippen MR) is 114 cm³/mol. The fraction of sp³-hybridized carbons (Fsp3) is 0.435. The first-order valence-electron chi connectivity index (χ1n) is 9.86. The molecule has 1 saturated heterocycles. The molecule has 0 bridgehead atoms. The van der Waals surface area contributed by atoms with Crippen LogP contribution in [0.1, 0.15) is 50.3 Å². The van der Waals surface area contributed by atoms with Gasteiger partial charge in [-0.3, -0.25) is 9.69 Å². The number of rotatable bonds is 6. The van der Waals surface area contributed by atoms with Gasteiger partial charge in [-0.2, -0.15) is 0 Å². The Hall–Kier alpha value is -2.04. The summed E-state index contributed by atoms with van der Waals surface area (Å²) in [6.45, 7) is 5.55. The zero-order chi connectivity index (χ0) is 20.1. The third-order valence-corrected chi connectivity index (χ3v) is 6.07. The van der Waals surface area contributed by atoms with Crippen molar-refractivity contribution < 1.29 is 9.53 Å². The molecule has 0 spiro atoms. The molecule has 2 atom stereocenters. The molecule has 0 aromatic heterocycles. The summed E-state index contributed by atoms with van der Waals surface area (Å²) in [6.07, 6.45) is 2.76. The first kappa shape index (κ1) is 20.7. The fourth-order valence-corrected chi connectivity index (χ4v) is 4.31. The third kappa shape index (κ3) is 4.86. The number of carbonyl (C=O) groups is 1. The van der Waals surface area contributed by atoms with Gasteiger partial charge >= 0.3 is 0 Å². The summed E-state index contributed by atoms with van der Waals surface area (Å²) < 4.78 is 5.32. The first-order chi connectivity index (χ1) is 13.4. The Balaban J connectivity index is 1.88. The van der Waals surface area contributed by atoms with E-state index in [0.29, 0.717) is 0 Å². The number of benzene rings is 2. The number of ether oxygens (including phenoxy) is 1. The summed E-state index contributed by atoms with van der Waals surface area (Å²) >= 11 is 6.05. The molecule has 0 aliphatic carbocycles. The highest BCUT2D eigenvalue weighted by atomic mass is 35.5. The second-order valence-electron chi connectivity index (χ2n) is 7.66. The minimum Gasteiger partial charge on any atom is -0.497 e. The van der Waals surface area contributed by atoms with Gasteiger partial charge < -0.3 is 10.1 Å². The van der Waals surface area contributed by atoms with Gasteiger partial charge in [-0.15, -0.1) is 0 Å². The van der Waals surface area contributed by atoms with E-state index in [1.165, 1.54) is 11.1 Å². The van der Waals surface area contributed by atoms with E-state index < -0.39 is 0 Å². The average molecular weight is 401 g/mol. The van der Waals surface area contributed by atoms with E-state index in [2.05, 4.69) is 41.4 Å². The van der Waals surface area contributed by atoms with Gasteiger partial charge in [0.15, 0.2) is 0 Å². The minimum absolute atomic E-state index is 0.0430. The highest BCUT2D eigenvalue weighted by Gasteiger charge is 2.39. The number of hydrogen-bond donors (Lipinski definition) is 1. The van der Waals surface area contributed by atoms with Crippen LogP contribution in [0.15, 0.2) is 48.5 Å². The molecular weight excluding hydrogens is 372 g/mol. The lowest BCUT2D eigenvalue weighted by atomic mass is 9.78. The molecule has 2 aromatic rings. The van der Waals surface area contributed by atoms with Crippen LogP contribution in [0.4, 0.5) is 0 Å². The number of carbonyl (C=O) groups excluding carboxylic acids is 1. The molecule has 28 heavy (non-hydrogen) atoms.